The fraction of sp³-hybridized carbons (Fsp3) is 0.125. The lowest BCUT2D eigenvalue weighted by atomic mass is 10.2. The summed E-state index contributed by atoms with van der Waals surface area (Å²) in [5.41, 5.74) is 0.547. The van der Waals surface area contributed by atoms with Gasteiger partial charge in [-0.05, 0) is 36.4 Å². The summed E-state index contributed by atoms with van der Waals surface area (Å²) in [5.74, 6) is -1.70. The third kappa shape index (κ3) is 4.72. The van der Waals surface area contributed by atoms with Crippen LogP contribution in [-0.2, 0) is 20.3 Å². The van der Waals surface area contributed by atoms with Crippen LogP contribution in [-0.4, -0.2) is 28.9 Å². The first-order valence-corrected chi connectivity index (χ1v) is 8.18. The van der Waals surface area contributed by atoms with Crippen LogP contribution in [0.2, 0.25) is 0 Å². The van der Waals surface area contributed by atoms with E-state index in [9.17, 15) is 18.2 Å². The number of nitrogens with one attached hydrogen (secondary N) is 1. The van der Waals surface area contributed by atoms with Gasteiger partial charge in [0, 0.05) is 11.9 Å². The first-order valence-electron chi connectivity index (χ1n) is 6.62. The van der Waals surface area contributed by atoms with Crippen LogP contribution in [0.3, 0.4) is 0 Å². The quantitative estimate of drug-likeness (QED) is 0.852. The molecule has 120 valence electrons. The molecule has 5 nitrogen and oxygen atoms in total. The highest BCUT2D eigenvalue weighted by Gasteiger charge is 2.16. The molecule has 0 radical (unpaired) electrons. The Hall–Kier alpha value is -2.54. The van der Waals surface area contributed by atoms with E-state index in [1.165, 1.54) is 36.6 Å². The molecule has 0 aliphatic heterocycles. The Morgan fingerprint density at radius 2 is 1.78 bits per heavy atom. The van der Waals surface area contributed by atoms with Gasteiger partial charge in [0.05, 0.1) is 21.3 Å². The van der Waals surface area contributed by atoms with Gasteiger partial charge in [-0.2, -0.15) is 0 Å². The maximum Gasteiger partial charge on any atom is 0.339 e. The lowest BCUT2D eigenvalue weighted by Gasteiger charge is -2.08. The van der Waals surface area contributed by atoms with Crippen molar-refractivity contribution >= 4 is 28.4 Å². The number of halogens is 1. The summed E-state index contributed by atoms with van der Waals surface area (Å²) in [7, 11) is -1.35. The number of carbonyl (C=O) groups is 2. The Morgan fingerprint density at radius 3 is 2.43 bits per heavy atom. The molecule has 1 unspecified atom stereocenters. The predicted octanol–water partition coefficient (Wildman–Crippen LogP) is 2.36. The number of hydrogen-bond donors (Lipinski definition) is 1. The zero-order valence-corrected chi connectivity index (χ0v) is 13.1. The van der Waals surface area contributed by atoms with E-state index in [-0.39, 0.29) is 5.56 Å². The van der Waals surface area contributed by atoms with Gasteiger partial charge in [-0.3, -0.25) is 9.00 Å². The molecule has 0 bridgehead atoms. The number of hydrogen-bond acceptors (Lipinski definition) is 4. The molecule has 2 aromatic rings. The molecule has 0 saturated heterocycles. The van der Waals surface area contributed by atoms with Crippen LogP contribution in [0.5, 0.6) is 0 Å². The van der Waals surface area contributed by atoms with Crippen LogP contribution < -0.4 is 5.32 Å². The van der Waals surface area contributed by atoms with Gasteiger partial charge in [-0.1, -0.05) is 12.1 Å². The monoisotopic (exact) mass is 335 g/mol. The summed E-state index contributed by atoms with van der Waals surface area (Å²) >= 11 is 0. The van der Waals surface area contributed by atoms with Crippen molar-refractivity contribution in [2.75, 3.05) is 18.2 Å². The van der Waals surface area contributed by atoms with Gasteiger partial charge in [0.2, 0.25) is 0 Å². The summed E-state index contributed by atoms with van der Waals surface area (Å²) in [6.07, 6.45) is 1.45. The lowest BCUT2D eigenvalue weighted by molar-refractivity contribution is -0.119. The zero-order chi connectivity index (χ0) is 16.8. The number of rotatable bonds is 5. The standard InChI is InChI=1S/C16H14FNO4S/c1-23(21)14-5-3-2-4-13(14)16(20)22-10-15(19)18-12-8-6-11(17)7-9-12/h2-9H,10H2,1H3,(H,18,19). The maximum absolute atomic E-state index is 12.8. The van der Waals surface area contributed by atoms with Gasteiger partial charge >= 0.3 is 5.97 Å². The molecule has 0 spiro atoms. The average Bonchev–Trinajstić information content (AvgIpc) is 2.54. The second-order valence-electron chi connectivity index (χ2n) is 4.58. The first-order chi connectivity index (χ1) is 11.0. The van der Waals surface area contributed by atoms with E-state index < -0.39 is 35.1 Å². The van der Waals surface area contributed by atoms with Crippen LogP contribution in [0, 0.1) is 5.82 Å². The number of anilines is 1. The van der Waals surface area contributed by atoms with E-state index >= 15 is 0 Å². The Morgan fingerprint density at radius 1 is 1.13 bits per heavy atom. The van der Waals surface area contributed by atoms with E-state index in [4.69, 9.17) is 4.74 Å². The molecule has 0 saturated carbocycles. The first kappa shape index (κ1) is 16.8. The van der Waals surface area contributed by atoms with E-state index in [2.05, 4.69) is 5.32 Å². The molecule has 23 heavy (non-hydrogen) atoms. The van der Waals surface area contributed by atoms with Crippen molar-refractivity contribution in [3.05, 3.63) is 59.9 Å². The second-order valence-corrected chi connectivity index (χ2v) is 5.93. The van der Waals surface area contributed by atoms with Crippen LogP contribution in [0.25, 0.3) is 0 Å². The highest BCUT2D eigenvalue weighted by molar-refractivity contribution is 7.84. The Kier molecular flexibility index (Phi) is 5.59. The molecule has 0 aliphatic rings. The molecule has 0 aromatic heterocycles. The number of ether oxygens (including phenoxy) is 1. The largest absolute Gasteiger partial charge is 0.452 e. The number of benzene rings is 2. The average molecular weight is 335 g/mol. The van der Waals surface area contributed by atoms with Gasteiger partial charge < -0.3 is 10.1 Å². The molecule has 2 rings (SSSR count). The van der Waals surface area contributed by atoms with E-state index in [0.717, 1.165) is 0 Å². The van der Waals surface area contributed by atoms with Gasteiger partial charge in [-0.25, -0.2) is 9.18 Å². The van der Waals surface area contributed by atoms with Crippen molar-refractivity contribution in [1.29, 1.82) is 0 Å². The zero-order valence-electron chi connectivity index (χ0n) is 12.2. The van der Waals surface area contributed by atoms with Crippen LogP contribution >= 0.6 is 0 Å². The molecule has 1 amide bonds. The summed E-state index contributed by atoms with van der Waals surface area (Å²) in [6.45, 7) is -0.499. The molecule has 0 aliphatic carbocycles. The van der Waals surface area contributed by atoms with E-state index in [0.29, 0.717) is 10.6 Å². The Bertz CT molecular complexity index is 746. The number of esters is 1. The smallest absolute Gasteiger partial charge is 0.339 e. The minimum Gasteiger partial charge on any atom is -0.452 e. The molecule has 0 fully saturated rings. The van der Waals surface area contributed by atoms with Crippen LogP contribution in [0.4, 0.5) is 10.1 Å². The highest BCUT2D eigenvalue weighted by atomic mass is 32.2. The minimum absolute atomic E-state index is 0.155. The van der Waals surface area contributed by atoms with Crippen molar-refractivity contribution in [3.8, 4) is 0 Å². The van der Waals surface area contributed by atoms with Crippen molar-refractivity contribution in [2.24, 2.45) is 0 Å². The fourth-order valence-corrected chi connectivity index (χ4v) is 2.56. The van der Waals surface area contributed by atoms with Crippen LogP contribution in [0.1, 0.15) is 10.4 Å². The molecular weight excluding hydrogens is 321 g/mol. The third-order valence-electron chi connectivity index (χ3n) is 2.88. The number of amides is 1. The lowest BCUT2D eigenvalue weighted by Crippen LogP contribution is -2.21. The van der Waals surface area contributed by atoms with E-state index in [1.807, 2.05) is 0 Å². The fourth-order valence-electron chi connectivity index (χ4n) is 1.83. The number of carbonyl (C=O) groups excluding carboxylic acids is 2. The normalized spacial score (nSPS) is 11.6. The molecule has 1 N–H and O–H groups in total. The third-order valence-corrected chi connectivity index (χ3v) is 3.85. The van der Waals surface area contributed by atoms with Crippen molar-refractivity contribution < 1.29 is 22.9 Å². The van der Waals surface area contributed by atoms with Crippen molar-refractivity contribution in [3.63, 3.8) is 0 Å². The summed E-state index contributed by atoms with van der Waals surface area (Å²) in [5, 5.41) is 2.47. The molecule has 2 aromatic carbocycles. The SMILES string of the molecule is CS(=O)c1ccccc1C(=O)OCC(=O)Nc1ccc(F)cc1. The van der Waals surface area contributed by atoms with Gasteiger partial charge in [-0.15, -0.1) is 0 Å². The minimum atomic E-state index is -1.35. The van der Waals surface area contributed by atoms with Crippen molar-refractivity contribution in [2.45, 2.75) is 4.90 Å². The maximum atomic E-state index is 12.8. The van der Waals surface area contributed by atoms with Crippen LogP contribution in [0.15, 0.2) is 53.4 Å². The summed E-state index contributed by atoms with van der Waals surface area (Å²) in [4.78, 5) is 24.0. The molecule has 1 atom stereocenters. The summed E-state index contributed by atoms with van der Waals surface area (Å²) in [6, 6.07) is 11.5. The van der Waals surface area contributed by atoms with Gasteiger partial charge in [0.25, 0.3) is 5.91 Å². The molecule has 0 heterocycles. The molecule has 7 heteroatoms. The Labute approximate surface area is 134 Å². The van der Waals surface area contributed by atoms with Gasteiger partial charge in [0.15, 0.2) is 6.61 Å². The van der Waals surface area contributed by atoms with Gasteiger partial charge in [0.1, 0.15) is 5.82 Å². The Balaban J connectivity index is 1.95. The highest BCUT2D eigenvalue weighted by Crippen LogP contribution is 2.14. The van der Waals surface area contributed by atoms with Crippen molar-refractivity contribution in [1.82, 2.24) is 0 Å². The summed E-state index contributed by atoms with van der Waals surface area (Å²) < 4.78 is 29.2. The predicted molar refractivity (Wildman–Crippen MR) is 84.1 cm³/mol. The topological polar surface area (TPSA) is 72.5 Å². The molecular formula is C16H14FNO4S. The second kappa shape index (κ2) is 7.64. The van der Waals surface area contributed by atoms with E-state index in [1.54, 1.807) is 18.2 Å².